The van der Waals surface area contributed by atoms with E-state index in [2.05, 4.69) is 16.0 Å². The first-order chi connectivity index (χ1) is 12.2. The minimum atomic E-state index is -4.20. The van der Waals surface area contributed by atoms with Crippen molar-refractivity contribution in [3.63, 3.8) is 0 Å². The molecule has 2 aromatic heterocycles. The van der Waals surface area contributed by atoms with Crippen molar-refractivity contribution >= 4 is 10.1 Å². The Labute approximate surface area is 174 Å². The van der Waals surface area contributed by atoms with Gasteiger partial charge < -0.3 is 4.98 Å². The van der Waals surface area contributed by atoms with Gasteiger partial charge in [0.2, 0.25) is 0 Å². The van der Waals surface area contributed by atoms with Gasteiger partial charge in [0, 0.05) is 32.5 Å². The molecule has 145 valence electrons. The molecule has 0 saturated carbocycles. The first kappa shape index (κ1) is 23.1. The van der Waals surface area contributed by atoms with Crippen LogP contribution in [0.15, 0.2) is 72.0 Å². The van der Waals surface area contributed by atoms with Crippen LogP contribution in [0.2, 0.25) is 0 Å². The van der Waals surface area contributed by atoms with E-state index >= 15 is 0 Å². The summed E-state index contributed by atoms with van der Waals surface area (Å²) in [6.07, 6.45) is 3.17. The van der Waals surface area contributed by atoms with Gasteiger partial charge in [-0.15, -0.1) is 35.9 Å². The van der Waals surface area contributed by atoms with Crippen LogP contribution < -0.4 is 0 Å². The Morgan fingerprint density at radius 3 is 2.19 bits per heavy atom. The predicted octanol–water partition coefficient (Wildman–Crippen LogP) is 4.17. The average molecular weight is 562 g/mol. The molecule has 0 saturated heterocycles. The second-order valence-electron chi connectivity index (χ2n) is 6.60. The Morgan fingerprint density at radius 1 is 0.963 bits per heavy atom. The van der Waals surface area contributed by atoms with Crippen LogP contribution in [-0.2, 0) is 35.6 Å². The van der Waals surface area contributed by atoms with Gasteiger partial charge in [0.1, 0.15) is 0 Å². The first-order valence-corrected chi connectivity index (χ1v) is 9.44. The maximum absolute atomic E-state index is 10.8. The van der Waals surface area contributed by atoms with Crippen LogP contribution in [-0.4, -0.2) is 22.9 Å². The number of hydrogen-bond donors (Lipinski definition) is 1. The number of nitrogens with zero attached hydrogens (tertiary/aromatic N) is 2. The summed E-state index contributed by atoms with van der Waals surface area (Å²) >= 11 is 0. The molecule has 0 bridgehead atoms. The molecule has 0 aliphatic rings. The number of pyridine rings is 2. The summed E-state index contributed by atoms with van der Waals surface area (Å²) in [6, 6.07) is 19.9. The normalized spacial score (nSPS) is 11.0. The van der Waals surface area contributed by atoms with Crippen LogP contribution in [0.3, 0.4) is 0 Å². The summed E-state index contributed by atoms with van der Waals surface area (Å²) in [7, 11) is -4.20. The first-order valence-electron chi connectivity index (χ1n) is 8.00. The average Bonchev–Trinajstić information content (AvgIpc) is 2.62. The summed E-state index contributed by atoms with van der Waals surface area (Å²) in [6.45, 7) is 5.86. The summed E-state index contributed by atoms with van der Waals surface area (Å²) < 4.78 is 30.4. The molecule has 0 unspecified atom stereocenters. The summed E-state index contributed by atoms with van der Waals surface area (Å²) in [5.41, 5.74) is 2.67. The largest absolute Gasteiger partial charge is 0.312 e. The summed E-state index contributed by atoms with van der Waals surface area (Å²) in [5, 5.41) is -0.301. The van der Waals surface area contributed by atoms with Gasteiger partial charge in [0.05, 0.1) is 0 Å². The van der Waals surface area contributed by atoms with Gasteiger partial charge in [-0.1, -0.05) is 32.9 Å². The Morgan fingerprint density at radius 2 is 1.67 bits per heavy atom. The fourth-order valence-corrected chi connectivity index (χ4v) is 2.56. The minimum Gasteiger partial charge on any atom is -0.305 e. The van der Waals surface area contributed by atoms with E-state index in [9.17, 15) is 8.42 Å². The zero-order chi connectivity index (χ0) is 19.2. The molecular formula is C20H21IrN2O3S-. The molecule has 0 fully saturated rings. The van der Waals surface area contributed by atoms with E-state index in [4.69, 9.17) is 4.55 Å². The molecule has 7 heteroatoms. The van der Waals surface area contributed by atoms with E-state index in [1.54, 1.807) is 12.3 Å². The summed E-state index contributed by atoms with van der Waals surface area (Å²) in [4.78, 5) is 7.80. The quantitative estimate of drug-likeness (QED) is 0.375. The molecule has 0 aliphatic carbocycles. The molecule has 3 rings (SSSR count). The van der Waals surface area contributed by atoms with Crippen LogP contribution in [0.4, 0.5) is 0 Å². The zero-order valence-electron chi connectivity index (χ0n) is 15.3. The standard InChI is InChI=1S/C11H8N.C9H13NO3S.Ir/c1-2-6-10(7-3-1)11-8-4-5-9-12-11;1-9(2,3)7-4-5-10-8(6-7)14(11,12)13;/h1-6,8-9H;4-6H,1-3H3,(H,11,12,13);/q-1;;. The van der Waals surface area contributed by atoms with Crippen molar-refractivity contribution in [2.75, 3.05) is 0 Å². The zero-order valence-corrected chi connectivity index (χ0v) is 18.5. The third-order valence-corrected chi connectivity index (χ3v) is 4.27. The Bertz CT molecular complexity index is 904. The molecule has 1 aromatic carbocycles. The molecule has 0 spiro atoms. The van der Waals surface area contributed by atoms with E-state index in [0.717, 1.165) is 16.8 Å². The fraction of sp³-hybridized carbons (Fsp3) is 0.200. The second kappa shape index (κ2) is 9.85. The van der Waals surface area contributed by atoms with Crippen molar-refractivity contribution < 1.29 is 33.1 Å². The Kier molecular flexibility index (Phi) is 8.44. The Hall–Kier alpha value is -1.92. The summed E-state index contributed by atoms with van der Waals surface area (Å²) in [5.74, 6) is 0. The van der Waals surface area contributed by atoms with Crippen LogP contribution in [0.25, 0.3) is 11.3 Å². The third-order valence-electron chi connectivity index (χ3n) is 3.52. The van der Waals surface area contributed by atoms with Crippen LogP contribution in [0, 0.1) is 6.07 Å². The molecule has 2 heterocycles. The maximum Gasteiger partial charge on any atom is 0.312 e. The SMILES string of the molecule is CC(C)(C)c1ccnc(S(=O)(=O)O)c1.[Ir].[c-]1ccccc1-c1ccccn1. The monoisotopic (exact) mass is 562 g/mol. The van der Waals surface area contributed by atoms with Gasteiger partial charge in [0.25, 0.3) is 0 Å². The predicted molar refractivity (Wildman–Crippen MR) is 101 cm³/mol. The van der Waals surface area contributed by atoms with E-state index < -0.39 is 10.1 Å². The van der Waals surface area contributed by atoms with Crippen molar-refractivity contribution in [2.45, 2.75) is 31.2 Å². The minimum absolute atomic E-state index is 0. The van der Waals surface area contributed by atoms with Gasteiger partial charge >= 0.3 is 10.1 Å². The van der Waals surface area contributed by atoms with Crippen LogP contribution in [0.5, 0.6) is 0 Å². The van der Waals surface area contributed by atoms with Gasteiger partial charge in [-0.2, -0.15) is 8.42 Å². The van der Waals surface area contributed by atoms with Crippen LogP contribution in [0.1, 0.15) is 26.3 Å². The van der Waals surface area contributed by atoms with Crippen molar-refractivity contribution in [3.05, 3.63) is 78.6 Å². The number of aromatic nitrogens is 2. The molecule has 0 atom stereocenters. The van der Waals surface area contributed by atoms with Gasteiger partial charge in [-0.3, -0.25) is 4.55 Å². The molecule has 0 aliphatic heterocycles. The number of hydrogen-bond acceptors (Lipinski definition) is 4. The molecule has 3 aromatic rings. The molecule has 1 N–H and O–H groups in total. The molecule has 5 nitrogen and oxygen atoms in total. The van der Waals surface area contributed by atoms with E-state index in [-0.39, 0.29) is 30.5 Å². The molecule has 27 heavy (non-hydrogen) atoms. The molecule has 0 amide bonds. The van der Waals surface area contributed by atoms with Crippen molar-refractivity contribution in [2.24, 2.45) is 0 Å². The van der Waals surface area contributed by atoms with Crippen LogP contribution >= 0.6 is 0 Å². The van der Waals surface area contributed by atoms with Crippen molar-refractivity contribution in [1.29, 1.82) is 0 Å². The van der Waals surface area contributed by atoms with Gasteiger partial charge in [-0.05, 0) is 34.9 Å². The second-order valence-corrected chi connectivity index (χ2v) is 7.97. The number of benzene rings is 1. The maximum atomic E-state index is 10.8. The van der Waals surface area contributed by atoms with E-state index in [1.807, 2.05) is 63.2 Å². The van der Waals surface area contributed by atoms with E-state index in [0.29, 0.717) is 0 Å². The number of rotatable bonds is 2. The van der Waals surface area contributed by atoms with E-state index in [1.165, 1.54) is 12.3 Å². The third kappa shape index (κ3) is 7.31. The smallest absolute Gasteiger partial charge is 0.305 e. The topological polar surface area (TPSA) is 80.2 Å². The van der Waals surface area contributed by atoms with Gasteiger partial charge in [-0.25, -0.2) is 4.98 Å². The van der Waals surface area contributed by atoms with Crippen molar-refractivity contribution in [3.8, 4) is 11.3 Å². The fourth-order valence-electron chi connectivity index (χ4n) is 2.09. The Balaban J connectivity index is 0.000000262. The van der Waals surface area contributed by atoms with Gasteiger partial charge in [0.15, 0.2) is 5.03 Å². The van der Waals surface area contributed by atoms with Crippen molar-refractivity contribution in [1.82, 2.24) is 9.97 Å². The molecule has 1 radical (unpaired) electrons. The molecular weight excluding hydrogens is 541 g/mol.